The quantitative estimate of drug-likeness (QED) is 0.379. The summed E-state index contributed by atoms with van der Waals surface area (Å²) >= 11 is 0. The monoisotopic (exact) mass is 506 g/mol. The highest BCUT2D eigenvalue weighted by atomic mass is 16.3. The van der Waals surface area contributed by atoms with Gasteiger partial charge in [0.2, 0.25) is 0 Å². The number of hydrogen-bond acceptors (Lipinski definition) is 4. The zero-order chi connectivity index (χ0) is 26.9. The van der Waals surface area contributed by atoms with Gasteiger partial charge in [0.15, 0.2) is 0 Å². The molecule has 6 rings (SSSR count). The average molecular weight is 507 g/mol. The summed E-state index contributed by atoms with van der Waals surface area (Å²) in [5.74, 6) is 0. The molecule has 0 atom stereocenters. The molecule has 3 aromatic carbocycles. The van der Waals surface area contributed by atoms with Gasteiger partial charge < -0.3 is 14.5 Å². The topological polar surface area (TPSA) is 102 Å². The summed E-state index contributed by atoms with van der Waals surface area (Å²) in [6, 6.07) is 21.6. The van der Waals surface area contributed by atoms with Gasteiger partial charge >= 0.3 is 5.69 Å². The van der Waals surface area contributed by atoms with Crippen LogP contribution in [0.1, 0.15) is 25.0 Å². The van der Waals surface area contributed by atoms with Gasteiger partial charge in [-0.05, 0) is 74.4 Å². The third-order valence-corrected chi connectivity index (χ3v) is 7.30. The Morgan fingerprint density at radius 1 is 0.842 bits per heavy atom. The van der Waals surface area contributed by atoms with Crippen molar-refractivity contribution in [3.8, 4) is 16.9 Å². The summed E-state index contributed by atoms with van der Waals surface area (Å²) < 4.78 is 4.55. The van der Waals surface area contributed by atoms with E-state index in [1.54, 1.807) is 69.4 Å². The number of nitrogens with one attached hydrogen (secondary N) is 1. The van der Waals surface area contributed by atoms with Crippen molar-refractivity contribution in [3.05, 3.63) is 115 Å². The lowest BCUT2D eigenvalue weighted by Gasteiger charge is -2.19. The standard InChI is InChI=1S/C30H26N4O4/c1-17-19(9-7-11-22(17)34-28(36)20-8-5-6-10-23(20)32(4)29(34)37)24-14-15-26-27(35)31-21-16-18(30(2,3)38)12-13-25(21)33(24)26/h5-16,38H,1-4H3,(H,31,35). The molecule has 0 aliphatic heterocycles. The maximum absolute atomic E-state index is 13.5. The molecule has 0 fully saturated rings. The van der Waals surface area contributed by atoms with Crippen molar-refractivity contribution in [1.29, 1.82) is 0 Å². The van der Waals surface area contributed by atoms with Crippen LogP contribution in [0.5, 0.6) is 0 Å². The molecule has 0 aliphatic carbocycles. The minimum absolute atomic E-state index is 0.259. The van der Waals surface area contributed by atoms with Gasteiger partial charge in [0.05, 0.1) is 38.9 Å². The smallest absolute Gasteiger partial charge is 0.335 e. The van der Waals surface area contributed by atoms with Crippen LogP contribution >= 0.6 is 0 Å². The number of aromatic nitrogens is 4. The van der Waals surface area contributed by atoms with Gasteiger partial charge in [0.1, 0.15) is 5.52 Å². The first kappa shape index (κ1) is 23.7. The normalized spacial score (nSPS) is 12.1. The third-order valence-electron chi connectivity index (χ3n) is 7.30. The summed E-state index contributed by atoms with van der Waals surface area (Å²) in [5.41, 5.74) is 3.65. The predicted octanol–water partition coefficient (Wildman–Crippen LogP) is 3.99. The van der Waals surface area contributed by atoms with Crippen molar-refractivity contribution in [1.82, 2.24) is 18.5 Å². The highest BCUT2D eigenvalue weighted by Crippen LogP contribution is 2.31. The van der Waals surface area contributed by atoms with Gasteiger partial charge in [-0.3, -0.25) is 14.2 Å². The van der Waals surface area contributed by atoms with E-state index in [-0.39, 0.29) is 11.1 Å². The van der Waals surface area contributed by atoms with E-state index < -0.39 is 11.3 Å². The Bertz CT molecular complexity index is 2100. The van der Waals surface area contributed by atoms with Crippen molar-refractivity contribution in [3.63, 3.8) is 0 Å². The summed E-state index contributed by atoms with van der Waals surface area (Å²) in [6.07, 6.45) is 0. The molecule has 0 radical (unpaired) electrons. The number of hydrogen-bond donors (Lipinski definition) is 2. The molecule has 0 amide bonds. The Kier molecular flexibility index (Phi) is 5.09. The van der Waals surface area contributed by atoms with Crippen LogP contribution in [0.15, 0.2) is 87.2 Å². The molecule has 8 nitrogen and oxygen atoms in total. The number of nitrogens with zero attached hydrogens (tertiary/aromatic N) is 3. The fourth-order valence-electron chi connectivity index (χ4n) is 5.24. The first-order valence-electron chi connectivity index (χ1n) is 12.3. The molecule has 6 aromatic rings. The largest absolute Gasteiger partial charge is 0.386 e. The van der Waals surface area contributed by atoms with Gasteiger partial charge in [-0.15, -0.1) is 0 Å². The molecule has 3 aromatic heterocycles. The van der Waals surface area contributed by atoms with Crippen LogP contribution in [0.3, 0.4) is 0 Å². The van der Waals surface area contributed by atoms with Gasteiger partial charge in [0.25, 0.3) is 11.1 Å². The van der Waals surface area contributed by atoms with Gasteiger partial charge in [-0.1, -0.05) is 30.3 Å². The summed E-state index contributed by atoms with van der Waals surface area (Å²) in [7, 11) is 1.65. The van der Waals surface area contributed by atoms with Crippen LogP contribution in [0.25, 0.3) is 44.4 Å². The van der Waals surface area contributed by atoms with Crippen molar-refractivity contribution in [2.24, 2.45) is 7.05 Å². The van der Waals surface area contributed by atoms with Crippen LogP contribution in [-0.4, -0.2) is 23.6 Å². The van der Waals surface area contributed by atoms with Crippen molar-refractivity contribution < 1.29 is 5.11 Å². The Morgan fingerprint density at radius 2 is 1.58 bits per heavy atom. The number of fused-ring (bicyclic) bond motifs is 4. The van der Waals surface area contributed by atoms with E-state index in [4.69, 9.17) is 0 Å². The molecule has 0 spiro atoms. The summed E-state index contributed by atoms with van der Waals surface area (Å²) in [6.45, 7) is 5.26. The van der Waals surface area contributed by atoms with Crippen LogP contribution in [0.4, 0.5) is 0 Å². The van der Waals surface area contributed by atoms with Crippen LogP contribution in [0.2, 0.25) is 0 Å². The average Bonchev–Trinajstić information content (AvgIpc) is 3.33. The van der Waals surface area contributed by atoms with Crippen molar-refractivity contribution >= 4 is 27.5 Å². The highest BCUT2D eigenvalue weighted by molar-refractivity contribution is 5.84. The zero-order valence-corrected chi connectivity index (χ0v) is 21.4. The number of H-pyrrole nitrogens is 1. The maximum Gasteiger partial charge on any atom is 0.335 e. The number of aryl methyl sites for hydroxylation is 1. The molecule has 0 unspecified atom stereocenters. The van der Waals surface area contributed by atoms with E-state index in [0.29, 0.717) is 33.2 Å². The van der Waals surface area contributed by atoms with Crippen LogP contribution < -0.4 is 16.8 Å². The minimum Gasteiger partial charge on any atom is -0.386 e. The fourth-order valence-corrected chi connectivity index (χ4v) is 5.24. The second kappa shape index (κ2) is 8.16. The Balaban J connectivity index is 1.65. The van der Waals surface area contributed by atoms with E-state index in [2.05, 4.69) is 4.98 Å². The van der Waals surface area contributed by atoms with Gasteiger partial charge in [-0.25, -0.2) is 9.36 Å². The lowest BCUT2D eigenvalue weighted by atomic mass is 9.98. The predicted molar refractivity (Wildman–Crippen MR) is 149 cm³/mol. The number of aromatic amines is 1. The molecule has 0 aliphatic rings. The molecule has 8 heteroatoms. The number of benzene rings is 3. The van der Waals surface area contributed by atoms with Crippen LogP contribution in [-0.2, 0) is 12.6 Å². The molecule has 0 saturated carbocycles. The van der Waals surface area contributed by atoms with Crippen molar-refractivity contribution in [2.45, 2.75) is 26.4 Å². The lowest BCUT2D eigenvalue weighted by molar-refractivity contribution is 0.0787. The van der Waals surface area contributed by atoms with E-state index in [1.165, 1.54) is 9.13 Å². The van der Waals surface area contributed by atoms with Crippen molar-refractivity contribution in [2.75, 3.05) is 0 Å². The first-order valence-corrected chi connectivity index (χ1v) is 12.3. The molecule has 0 saturated heterocycles. The summed E-state index contributed by atoms with van der Waals surface area (Å²) in [4.78, 5) is 42.7. The Morgan fingerprint density at radius 3 is 2.34 bits per heavy atom. The highest BCUT2D eigenvalue weighted by Gasteiger charge is 2.20. The molecule has 2 N–H and O–H groups in total. The first-order chi connectivity index (χ1) is 18.1. The number of para-hydroxylation sites is 1. The number of aliphatic hydroxyl groups is 1. The fraction of sp³-hybridized carbons (Fsp3) is 0.167. The second-order valence-corrected chi connectivity index (χ2v) is 10.1. The van der Waals surface area contributed by atoms with E-state index in [9.17, 15) is 19.5 Å². The summed E-state index contributed by atoms with van der Waals surface area (Å²) in [5, 5.41) is 10.9. The molecule has 38 heavy (non-hydrogen) atoms. The Labute approximate surface area is 216 Å². The molecular formula is C30H26N4O4. The Hall–Kier alpha value is -4.69. The van der Waals surface area contributed by atoms with E-state index in [1.807, 2.05) is 35.6 Å². The van der Waals surface area contributed by atoms with E-state index >= 15 is 0 Å². The maximum atomic E-state index is 13.5. The minimum atomic E-state index is -1.07. The van der Waals surface area contributed by atoms with Gasteiger partial charge in [-0.2, -0.15) is 0 Å². The van der Waals surface area contributed by atoms with Gasteiger partial charge in [0, 0.05) is 12.6 Å². The number of rotatable bonds is 3. The molecule has 190 valence electrons. The third kappa shape index (κ3) is 3.38. The second-order valence-electron chi connectivity index (χ2n) is 10.1. The zero-order valence-electron chi connectivity index (χ0n) is 21.4. The molecule has 0 bridgehead atoms. The lowest BCUT2D eigenvalue weighted by Crippen LogP contribution is -2.38. The molecular weight excluding hydrogens is 480 g/mol. The SMILES string of the molecule is Cc1c(-c2ccc3c(=O)[nH]c4cc(C(C)(C)O)ccc4n23)cccc1-n1c(=O)c2ccccc2n(C)c1=O. The molecule has 3 heterocycles. The van der Waals surface area contributed by atoms with Crippen LogP contribution in [0, 0.1) is 6.92 Å². The van der Waals surface area contributed by atoms with E-state index in [0.717, 1.165) is 22.3 Å².